The Bertz CT molecular complexity index is 974. The normalized spacial score (nSPS) is 16.9. The maximum atomic E-state index is 13.1. The zero-order chi connectivity index (χ0) is 23.9. The van der Waals surface area contributed by atoms with Crippen LogP contribution in [-0.4, -0.2) is 101 Å². The van der Waals surface area contributed by atoms with Crippen LogP contribution in [0.1, 0.15) is 16.1 Å². The summed E-state index contributed by atoms with van der Waals surface area (Å²) in [5, 5.41) is 2.96. The van der Waals surface area contributed by atoms with Gasteiger partial charge in [0.25, 0.3) is 5.91 Å². The van der Waals surface area contributed by atoms with Crippen LogP contribution < -0.4 is 19.9 Å². The standard InChI is InChI=1S/C24H34N6O4/c1-18-16-19(4-5-21(18)28(2)3)25-23(31)20-17-22(34-15-8-29-6-11-32-12-7-29)27-24(26-20)30-9-13-33-14-10-30/h4-5,16-17H,6-15H2,1-3H3,(H,25,31). The van der Waals surface area contributed by atoms with Crippen LogP contribution in [0.2, 0.25) is 0 Å². The summed E-state index contributed by atoms with van der Waals surface area (Å²) in [6, 6.07) is 7.45. The third kappa shape index (κ3) is 6.34. The quantitative estimate of drug-likeness (QED) is 0.618. The first-order chi connectivity index (χ1) is 16.5. The van der Waals surface area contributed by atoms with Crippen LogP contribution in [0, 0.1) is 6.92 Å². The molecule has 3 heterocycles. The molecule has 10 heteroatoms. The molecule has 2 saturated heterocycles. The minimum atomic E-state index is -0.299. The number of ether oxygens (including phenoxy) is 3. The molecular formula is C24H34N6O4. The number of hydrogen-bond donors (Lipinski definition) is 1. The fourth-order valence-corrected chi connectivity index (χ4v) is 4.04. The molecule has 2 fully saturated rings. The van der Waals surface area contributed by atoms with Crippen molar-refractivity contribution >= 4 is 23.2 Å². The average Bonchev–Trinajstić information content (AvgIpc) is 2.85. The number of nitrogens with one attached hydrogen (secondary N) is 1. The number of rotatable bonds is 8. The Hall–Kier alpha value is -2.95. The molecule has 0 bridgehead atoms. The molecule has 0 unspecified atom stereocenters. The van der Waals surface area contributed by atoms with Gasteiger partial charge < -0.3 is 29.3 Å². The van der Waals surface area contributed by atoms with E-state index in [1.54, 1.807) is 6.07 Å². The fourth-order valence-electron chi connectivity index (χ4n) is 4.04. The van der Waals surface area contributed by atoms with Gasteiger partial charge in [-0.2, -0.15) is 4.98 Å². The lowest BCUT2D eigenvalue weighted by atomic mass is 10.1. The van der Waals surface area contributed by atoms with Gasteiger partial charge in [0.05, 0.1) is 26.4 Å². The van der Waals surface area contributed by atoms with Crippen molar-refractivity contribution in [3.8, 4) is 5.88 Å². The van der Waals surface area contributed by atoms with E-state index in [2.05, 4.69) is 20.2 Å². The smallest absolute Gasteiger partial charge is 0.274 e. The van der Waals surface area contributed by atoms with Gasteiger partial charge in [-0.05, 0) is 30.7 Å². The third-order valence-corrected chi connectivity index (χ3v) is 5.92. The monoisotopic (exact) mass is 470 g/mol. The minimum Gasteiger partial charge on any atom is -0.476 e. The van der Waals surface area contributed by atoms with Crippen molar-refractivity contribution in [1.82, 2.24) is 14.9 Å². The molecule has 1 aromatic carbocycles. The van der Waals surface area contributed by atoms with E-state index in [1.165, 1.54) is 0 Å². The van der Waals surface area contributed by atoms with Crippen LogP contribution in [0.5, 0.6) is 5.88 Å². The van der Waals surface area contributed by atoms with Crippen LogP contribution in [0.3, 0.4) is 0 Å². The predicted octanol–water partition coefficient (Wildman–Crippen LogP) is 1.65. The summed E-state index contributed by atoms with van der Waals surface area (Å²) in [5.74, 6) is 0.581. The van der Waals surface area contributed by atoms with E-state index < -0.39 is 0 Å². The summed E-state index contributed by atoms with van der Waals surface area (Å²) in [4.78, 5) is 28.6. The summed E-state index contributed by atoms with van der Waals surface area (Å²) in [5.41, 5.74) is 3.17. The lowest BCUT2D eigenvalue weighted by molar-refractivity contribution is 0.0320. The molecule has 10 nitrogen and oxygen atoms in total. The Kier molecular flexibility index (Phi) is 8.15. The molecule has 0 atom stereocenters. The summed E-state index contributed by atoms with van der Waals surface area (Å²) in [6.45, 7) is 9.10. The second-order valence-electron chi connectivity index (χ2n) is 8.64. The molecule has 2 aliphatic heterocycles. The first-order valence-corrected chi connectivity index (χ1v) is 11.7. The molecule has 0 saturated carbocycles. The Morgan fingerprint density at radius 3 is 2.44 bits per heavy atom. The number of anilines is 3. The number of aryl methyl sites for hydroxylation is 1. The van der Waals surface area contributed by atoms with Crippen LogP contribution >= 0.6 is 0 Å². The molecular weight excluding hydrogens is 436 g/mol. The number of amides is 1. The number of carbonyl (C=O) groups excluding carboxylic acids is 1. The molecule has 0 aliphatic carbocycles. The topological polar surface area (TPSA) is 92.3 Å². The zero-order valence-corrected chi connectivity index (χ0v) is 20.2. The van der Waals surface area contributed by atoms with E-state index in [-0.39, 0.29) is 11.6 Å². The molecule has 1 N–H and O–H groups in total. The van der Waals surface area contributed by atoms with E-state index in [1.807, 2.05) is 49.0 Å². The van der Waals surface area contributed by atoms with Gasteiger partial charge in [0.2, 0.25) is 11.8 Å². The maximum absolute atomic E-state index is 13.1. The number of nitrogens with zero attached hydrogens (tertiary/aromatic N) is 5. The van der Waals surface area contributed by atoms with Gasteiger partial charge in [-0.25, -0.2) is 4.98 Å². The zero-order valence-electron chi connectivity index (χ0n) is 20.2. The second-order valence-corrected chi connectivity index (χ2v) is 8.64. The molecule has 1 amide bonds. The summed E-state index contributed by atoms with van der Waals surface area (Å²) < 4.78 is 16.8. The molecule has 34 heavy (non-hydrogen) atoms. The minimum absolute atomic E-state index is 0.271. The lowest BCUT2D eigenvalue weighted by Crippen LogP contribution is -2.39. The van der Waals surface area contributed by atoms with E-state index >= 15 is 0 Å². The fraction of sp³-hybridized carbons (Fsp3) is 0.542. The number of benzene rings is 1. The molecule has 2 aromatic rings. The molecule has 4 rings (SSSR count). The Labute approximate surface area is 200 Å². The van der Waals surface area contributed by atoms with E-state index in [4.69, 9.17) is 14.2 Å². The molecule has 1 aromatic heterocycles. The highest BCUT2D eigenvalue weighted by Crippen LogP contribution is 2.23. The van der Waals surface area contributed by atoms with Crippen LogP contribution in [0.15, 0.2) is 24.3 Å². The number of carbonyl (C=O) groups is 1. The van der Waals surface area contributed by atoms with Crippen molar-refractivity contribution in [1.29, 1.82) is 0 Å². The number of hydrogen-bond acceptors (Lipinski definition) is 9. The summed E-state index contributed by atoms with van der Waals surface area (Å²) in [6.07, 6.45) is 0. The number of morpholine rings is 2. The largest absolute Gasteiger partial charge is 0.476 e. The van der Waals surface area contributed by atoms with Crippen molar-refractivity contribution in [2.24, 2.45) is 0 Å². The van der Waals surface area contributed by atoms with Crippen molar-refractivity contribution < 1.29 is 19.0 Å². The second kappa shape index (κ2) is 11.5. The Morgan fingerprint density at radius 1 is 1.06 bits per heavy atom. The van der Waals surface area contributed by atoms with Gasteiger partial charge in [0.15, 0.2) is 0 Å². The van der Waals surface area contributed by atoms with Crippen LogP contribution in [-0.2, 0) is 9.47 Å². The number of aromatic nitrogens is 2. The molecule has 0 radical (unpaired) electrons. The van der Waals surface area contributed by atoms with Gasteiger partial charge in [0, 0.05) is 64.3 Å². The van der Waals surface area contributed by atoms with Gasteiger partial charge in [-0.1, -0.05) is 0 Å². The first kappa shape index (κ1) is 24.2. The SMILES string of the molecule is Cc1cc(NC(=O)c2cc(OCCN3CCOCC3)nc(N3CCOCC3)n2)ccc1N(C)C. The highest BCUT2D eigenvalue weighted by molar-refractivity contribution is 6.03. The maximum Gasteiger partial charge on any atom is 0.274 e. The Balaban J connectivity index is 1.49. The van der Waals surface area contributed by atoms with Gasteiger partial charge in [0.1, 0.15) is 12.3 Å². The van der Waals surface area contributed by atoms with E-state index in [0.29, 0.717) is 44.7 Å². The van der Waals surface area contributed by atoms with Gasteiger partial charge in [-0.3, -0.25) is 9.69 Å². The van der Waals surface area contributed by atoms with Crippen LogP contribution in [0.4, 0.5) is 17.3 Å². The van der Waals surface area contributed by atoms with Gasteiger partial charge >= 0.3 is 0 Å². The van der Waals surface area contributed by atoms with Gasteiger partial charge in [-0.15, -0.1) is 0 Å². The van der Waals surface area contributed by atoms with Crippen molar-refractivity contribution in [3.05, 3.63) is 35.5 Å². The van der Waals surface area contributed by atoms with Crippen molar-refractivity contribution in [3.63, 3.8) is 0 Å². The van der Waals surface area contributed by atoms with Crippen molar-refractivity contribution in [2.45, 2.75) is 6.92 Å². The third-order valence-electron chi connectivity index (χ3n) is 5.92. The Morgan fingerprint density at radius 2 is 1.76 bits per heavy atom. The highest BCUT2D eigenvalue weighted by atomic mass is 16.5. The predicted molar refractivity (Wildman–Crippen MR) is 131 cm³/mol. The summed E-state index contributed by atoms with van der Waals surface area (Å²) >= 11 is 0. The summed E-state index contributed by atoms with van der Waals surface area (Å²) in [7, 11) is 3.99. The van der Waals surface area contributed by atoms with E-state index in [0.717, 1.165) is 49.8 Å². The molecule has 184 valence electrons. The van der Waals surface area contributed by atoms with E-state index in [9.17, 15) is 4.79 Å². The first-order valence-electron chi connectivity index (χ1n) is 11.7. The highest BCUT2D eigenvalue weighted by Gasteiger charge is 2.20. The molecule has 0 spiro atoms. The average molecular weight is 471 g/mol. The van der Waals surface area contributed by atoms with Crippen molar-refractivity contribution in [2.75, 3.05) is 95.0 Å². The lowest BCUT2D eigenvalue weighted by Gasteiger charge is -2.27. The molecule has 2 aliphatic rings. The van der Waals surface area contributed by atoms with Crippen LogP contribution in [0.25, 0.3) is 0 Å².